The molecule has 2 atom stereocenters. The fraction of sp³-hybridized carbons (Fsp3) is 0.524. The molecule has 0 heterocycles. The van der Waals surface area contributed by atoms with Gasteiger partial charge in [-0.1, -0.05) is 38.8 Å². The third kappa shape index (κ3) is 7.53. The number of rotatable bonds is 12. The molecule has 150 valence electrons. The number of esters is 1. The molecule has 0 saturated carbocycles. The van der Waals surface area contributed by atoms with Crippen LogP contribution in [0.2, 0.25) is 0 Å². The molecule has 0 aliphatic carbocycles. The van der Waals surface area contributed by atoms with E-state index in [0.717, 1.165) is 12.8 Å². The van der Waals surface area contributed by atoms with Gasteiger partial charge in [0.15, 0.2) is 5.78 Å². The lowest BCUT2D eigenvalue weighted by molar-refractivity contribution is -0.144. The molecule has 0 spiro atoms. The van der Waals surface area contributed by atoms with Crippen LogP contribution in [0.25, 0.3) is 6.08 Å². The van der Waals surface area contributed by atoms with E-state index in [4.69, 9.17) is 14.6 Å². The molecule has 6 nitrogen and oxygen atoms in total. The van der Waals surface area contributed by atoms with Crippen LogP contribution < -0.4 is 4.74 Å². The van der Waals surface area contributed by atoms with Crippen LogP contribution in [0.1, 0.15) is 45.1 Å². The summed E-state index contributed by atoms with van der Waals surface area (Å²) in [5.74, 6) is -0.642. The van der Waals surface area contributed by atoms with Gasteiger partial charge in [-0.2, -0.15) is 0 Å². The topological polar surface area (TPSA) is 93.1 Å². The molecule has 0 amide bonds. The van der Waals surface area contributed by atoms with Gasteiger partial charge in [-0.3, -0.25) is 4.79 Å². The first-order valence-corrected chi connectivity index (χ1v) is 9.32. The van der Waals surface area contributed by atoms with E-state index < -0.39 is 18.7 Å². The lowest BCUT2D eigenvalue weighted by Gasteiger charge is -2.16. The quantitative estimate of drug-likeness (QED) is 0.251. The number of carbonyl (C=O) groups excluding carboxylic acids is 2. The van der Waals surface area contributed by atoms with Gasteiger partial charge in [0, 0.05) is 5.92 Å². The van der Waals surface area contributed by atoms with Gasteiger partial charge in [0.2, 0.25) is 0 Å². The number of hydrogen-bond acceptors (Lipinski definition) is 6. The molecule has 27 heavy (non-hydrogen) atoms. The maximum absolute atomic E-state index is 13.0. The van der Waals surface area contributed by atoms with Gasteiger partial charge in [0.25, 0.3) is 0 Å². The van der Waals surface area contributed by atoms with E-state index >= 15 is 0 Å². The van der Waals surface area contributed by atoms with E-state index in [1.54, 1.807) is 31.4 Å². The lowest BCUT2D eigenvalue weighted by atomic mass is 9.89. The highest BCUT2D eigenvalue weighted by atomic mass is 16.5. The average Bonchev–Trinajstić information content (AvgIpc) is 2.70. The van der Waals surface area contributed by atoms with Gasteiger partial charge in [0.1, 0.15) is 24.0 Å². The summed E-state index contributed by atoms with van der Waals surface area (Å²) in [6.07, 6.45) is 3.54. The highest BCUT2D eigenvalue weighted by Crippen LogP contribution is 2.22. The summed E-state index contributed by atoms with van der Waals surface area (Å²) in [4.78, 5) is 25.5. The van der Waals surface area contributed by atoms with Crippen molar-refractivity contribution in [2.75, 3.05) is 20.3 Å². The molecule has 0 aliphatic rings. The van der Waals surface area contributed by atoms with Crippen LogP contribution in [0.5, 0.6) is 5.75 Å². The fourth-order valence-electron chi connectivity index (χ4n) is 2.59. The molecular weight excluding hydrogens is 348 g/mol. The SMILES string of the molecule is CCCCC(CC)C(=O)C(=Cc1ccc(OC)cc1)C(=O)OCC(O)CO. The average molecular weight is 378 g/mol. The van der Waals surface area contributed by atoms with Crippen molar-refractivity contribution < 1.29 is 29.3 Å². The number of methoxy groups -OCH3 is 1. The number of aliphatic hydroxyl groups is 2. The van der Waals surface area contributed by atoms with E-state index in [1.807, 2.05) is 6.92 Å². The van der Waals surface area contributed by atoms with Crippen molar-refractivity contribution in [3.05, 3.63) is 35.4 Å². The van der Waals surface area contributed by atoms with Crippen LogP contribution in [-0.4, -0.2) is 48.4 Å². The number of carbonyl (C=O) groups is 2. The van der Waals surface area contributed by atoms with Crippen LogP contribution in [0.15, 0.2) is 29.8 Å². The Hall–Kier alpha value is -2.18. The Kier molecular flexibility index (Phi) is 10.4. The van der Waals surface area contributed by atoms with Crippen LogP contribution in [0.3, 0.4) is 0 Å². The number of Topliss-reactive ketones (excluding diaryl/α,β-unsaturated/α-hetero) is 1. The van der Waals surface area contributed by atoms with Gasteiger partial charge >= 0.3 is 5.97 Å². The van der Waals surface area contributed by atoms with E-state index in [1.165, 1.54) is 6.08 Å². The predicted molar refractivity (Wildman–Crippen MR) is 103 cm³/mol. The van der Waals surface area contributed by atoms with Crippen molar-refractivity contribution in [3.63, 3.8) is 0 Å². The third-order valence-corrected chi connectivity index (χ3v) is 4.30. The van der Waals surface area contributed by atoms with Gasteiger partial charge in [-0.05, 0) is 36.6 Å². The number of hydrogen-bond donors (Lipinski definition) is 2. The number of unbranched alkanes of at least 4 members (excludes halogenated alkanes) is 1. The summed E-state index contributed by atoms with van der Waals surface area (Å²) in [6, 6.07) is 6.97. The van der Waals surface area contributed by atoms with Crippen LogP contribution in [0, 0.1) is 5.92 Å². The molecule has 1 rings (SSSR count). The number of ketones is 1. The summed E-state index contributed by atoms with van der Waals surface area (Å²) >= 11 is 0. The first kappa shape index (κ1) is 22.9. The zero-order valence-electron chi connectivity index (χ0n) is 16.3. The molecule has 2 unspecified atom stereocenters. The Morgan fingerprint density at radius 2 is 1.85 bits per heavy atom. The number of aliphatic hydroxyl groups excluding tert-OH is 2. The molecule has 0 radical (unpaired) electrons. The molecule has 0 bridgehead atoms. The summed E-state index contributed by atoms with van der Waals surface area (Å²) in [5, 5.41) is 18.3. The van der Waals surface area contributed by atoms with Crippen LogP contribution >= 0.6 is 0 Å². The normalized spacial score (nSPS) is 13.7. The Morgan fingerprint density at radius 3 is 2.37 bits per heavy atom. The molecule has 0 aliphatic heterocycles. The highest BCUT2D eigenvalue weighted by molar-refractivity contribution is 6.21. The minimum atomic E-state index is -1.17. The minimum Gasteiger partial charge on any atom is -0.497 e. The summed E-state index contributed by atoms with van der Waals surface area (Å²) in [6.45, 7) is 3.08. The molecule has 0 aromatic heterocycles. The maximum Gasteiger partial charge on any atom is 0.341 e. The number of ether oxygens (including phenoxy) is 2. The molecular formula is C21H30O6. The monoisotopic (exact) mass is 378 g/mol. The van der Waals surface area contributed by atoms with Gasteiger partial charge in [-0.25, -0.2) is 4.79 Å². The Morgan fingerprint density at radius 1 is 1.19 bits per heavy atom. The predicted octanol–water partition coefficient (Wildman–Crippen LogP) is 2.76. The Balaban J connectivity index is 3.11. The zero-order chi connectivity index (χ0) is 20.2. The van der Waals surface area contributed by atoms with Crippen molar-refractivity contribution in [3.8, 4) is 5.75 Å². The third-order valence-electron chi connectivity index (χ3n) is 4.30. The van der Waals surface area contributed by atoms with E-state index in [-0.39, 0.29) is 23.9 Å². The second-order valence-electron chi connectivity index (χ2n) is 6.38. The van der Waals surface area contributed by atoms with Crippen molar-refractivity contribution in [1.82, 2.24) is 0 Å². The molecule has 1 aromatic rings. The van der Waals surface area contributed by atoms with E-state index in [2.05, 4.69) is 6.92 Å². The minimum absolute atomic E-state index is 0.0479. The Labute approximate surface area is 160 Å². The van der Waals surface area contributed by atoms with Crippen LogP contribution in [0.4, 0.5) is 0 Å². The van der Waals surface area contributed by atoms with Gasteiger partial charge in [-0.15, -0.1) is 0 Å². The molecule has 0 saturated heterocycles. The lowest BCUT2D eigenvalue weighted by Crippen LogP contribution is -2.27. The Bertz CT molecular complexity index is 620. The zero-order valence-corrected chi connectivity index (χ0v) is 16.3. The standard InChI is InChI=1S/C21H30O6/c1-4-6-7-16(5-2)20(24)19(21(25)27-14-17(23)13-22)12-15-8-10-18(26-3)11-9-15/h8-12,16-17,22-23H,4-7,13-14H2,1-3H3. The van der Waals surface area contributed by atoms with Gasteiger partial charge in [0.05, 0.1) is 13.7 Å². The van der Waals surface area contributed by atoms with Crippen molar-refractivity contribution in [1.29, 1.82) is 0 Å². The second kappa shape index (κ2) is 12.3. The van der Waals surface area contributed by atoms with Gasteiger partial charge < -0.3 is 19.7 Å². The first-order chi connectivity index (χ1) is 13.0. The molecule has 0 fully saturated rings. The van der Waals surface area contributed by atoms with E-state index in [9.17, 15) is 14.7 Å². The second-order valence-corrected chi connectivity index (χ2v) is 6.38. The first-order valence-electron chi connectivity index (χ1n) is 9.32. The highest BCUT2D eigenvalue weighted by Gasteiger charge is 2.26. The summed E-state index contributed by atoms with van der Waals surface area (Å²) < 4.78 is 10.1. The largest absolute Gasteiger partial charge is 0.497 e. The smallest absolute Gasteiger partial charge is 0.341 e. The summed E-state index contributed by atoms with van der Waals surface area (Å²) in [5.41, 5.74) is 0.623. The molecule has 6 heteroatoms. The van der Waals surface area contributed by atoms with Crippen LogP contribution in [-0.2, 0) is 14.3 Å². The molecule has 2 N–H and O–H groups in total. The summed E-state index contributed by atoms with van der Waals surface area (Å²) in [7, 11) is 1.56. The van der Waals surface area contributed by atoms with Crippen molar-refractivity contribution in [2.24, 2.45) is 5.92 Å². The maximum atomic E-state index is 13.0. The van der Waals surface area contributed by atoms with Crippen molar-refractivity contribution >= 4 is 17.8 Å². The fourth-order valence-corrected chi connectivity index (χ4v) is 2.59. The molecule has 1 aromatic carbocycles. The van der Waals surface area contributed by atoms with E-state index in [0.29, 0.717) is 24.2 Å². The number of benzene rings is 1. The van der Waals surface area contributed by atoms with Crippen molar-refractivity contribution in [2.45, 2.75) is 45.6 Å².